The van der Waals surface area contributed by atoms with Crippen LogP contribution in [0.3, 0.4) is 0 Å². The summed E-state index contributed by atoms with van der Waals surface area (Å²) in [6.07, 6.45) is 3.41. The maximum absolute atomic E-state index is 4.98. The van der Waals surface area contributed by atoms with Crippen molar-refractivity contribution in [2.75, 3.05) is 0 Å². The molecular formula is C8H5BrO. The fourth-order valence-corrected chi connectivity index (χ4v) is 1.47. The first kappa shape index (κ1) is 5.98. The molecular weight excluding hydrogens is 192 g/mol. The van der Waals surface area contributed by atoms with Gasteiger partial charge in [-0.2, -0.15) is 0 Å². The zero-order valence-corrected chi connectivity index (χ0v) is 6.76. The van der Waals surface area contributed by atoms with Gasteiger partial charge in [-0.15, -0.1) is 0 Å². The first-order valence-corrected chi connectivity index (χ1v) is 3.77. The Bertz CT molecular complexity index is 283. The summed E-state index contributed by atoms with van der Waals surface area (Å²) in [5, 5.41) is 0. The topological polar surface area (TPSA) is 13.1 Å². The van der Waals surface area contributed by atoms with E-state index in [4.69, 9.17) is 4.42 Å². The van der Waals surface area contributed by atoms with Crippen LogP contribution in [0, 0.1) is 0 Å². The molecule has 1 aliphatic carbocycles. The van der Waals surface area contributed by atoms with E-state index >= 15 is 0 Å². The van der Waals surface area contributed by atoms with Crippen molar-refractivity contribution in [2.45, 2.75) is 0 Å². The van der Waals surface area contributed by atoms with Crippen LogP contribution in [-0.2, 0) is 0 Å². The highest BCUT2D eigenvalue weighted by Crippen LogP contribution is 2.28. The lowest BCUT2D eigenvalue weighted by molar-refractivity contribution is 0.552. The van der Waals surface area contributed by atoms with Crippen molar-refractivity contribution in [2.24, 2.45) is 0 Å². The van der Waals surface area contributed by atoms with E-state index in [1.54, 1.807) is 12.5 Å². The van der Waals surface area contributed by atoms with Gasteiger partial charge in [-0.3, -0.25) is 0 Å². The van der Waals surface area contributed by atoms with Gasteiger partial charge in [-0.1, -0.05) is 15.9 Å². The maximum atomic E-state index is 4.98. The Hall–Kier alpha value is -0.760. The van der Waals surface area contributed by atoms with Crippen molar-refractivity contribution < 1.29 is 4.42 Å². The Labute approximate surface area is 67.1 Å². The minimum absolute atomic E-state index is 1.10. The minimum atomic E-state index is 1.10. The van der Waals surface area contributed by atoms with E-state index < -0.39 is 0 Å². The molecule has 2 rings (SSSR count). The molecule has 0 saturated heterocycles. The average Bonchev–Trinajstić information content (AvgIpc) is 2.27. The second-order valence-electron chi connectivity index (χ2n) is 2.14. The first-order chi connectivity index (χ1) is 4.86. The minimum Gasteiger partial charge on any atom is -0.472 e. The molecule has 0 aromatic carbocycles. The molecule has 0 unspecified atom stereocenters. The highest BCUT2D eigenvalue weighted by molar-refractivity contribution is 9.10. The number of hydrogen-bond donors (Lipinski definition) is 0. The van der Waals surface area contributed by atoms with Gasteiger partial charge in [0.2, 0.25) is 0 Å². The molecule has 50 valence electrons. The van der Waals surface area contributed by atoms with Crippen LogP contribution in [0.5, 0.6) is 0 Å². The molecule has 0 atom stereocenters. The zero-order chi connectivity index (χ0) is 6.97. The van der Waals surface area contributed by atoms with Crippen LogP contribution < -0.4 is 0 Å². The van der Waals surface area contributed by atoms with Gasteiger partial charge < -0.3 is 4.42 Å². The summed E-state index contributed by atoms with van der Waals surface area (Å²) in [5.41, 5.74) is 2.34. The van der Waals surface area contributed by atoms with E-state index in [-0.39, 0.29) is 0 Å². The SMILES string of the molecule is Brc1cc2ccocc-2c1. The predicted molar refractivity (Wildman–Crippen MR) is 43.0 cm³/mol. The van der Waals surface area contributed by atoms with E-state index in [0.717, 1.165) is 10.0 Å². The summed E-state index contributed by atoms with van der Waals surface area (Å²) >= 11 is 3.38. The molecule has 1 heterocycles. The van der Waals surface area contributed by atoms with Gasteiger partial charge in [0.1, 0.15) is 0 Å². The van der Waals surface area contributed by atoms with Crippen LogP contribution in [0.2, 0.25) is 0 Å². The number of fused-ring (bicyclic) bond motifs is 1. The molecule has 0 spiro atoms. The van der Waals surface area contributed by atoms with Crippen LogP contribution in [0.1, 0.15) is 0 Å². The molecule has 2 aliphatic rings. The van der Waals surface area contributed by atoms with Crippen LogP contribution >= 0.6 is 15.9 Å². The normalized spacial score (nSPS) is 10.5. The quantitative estimate of drug-likeness (QED) is 0.632. The molecule has 0 saturated carbocycles. The summed E-state index contributed by atoms with van der Waals surface area (Å²) in [7, 11) is 0. The fourth-order valence-electron chi connectivity index (χ4n) is 0.977. The second-order valence-corrected chi connectivity index (χ2v) is 3.06. The standard InChI is InChI=1S/C8H5BrO/c9-8-3-6-1-2-10-5-7(6)4-8/h1-5H. The monoisotopic (exact) mass is 196 g/mol. The summed E-state index contributed by atoms with van der Waals surface area (Å²) in [5.74, 6) is 0. The fraction of sp³-hybridized carbons (Fsp3) is 0. The van der Waals surface area contributed by atoms with Crippen molar-refractivity contribution >= 4 is 15.9 Å². The zero-order valence-electron chi connectivity index (χ0n) is 5.17. The highest BCUT2D eigenvalue weighted by Gasteiger charge is 2.02. The summed E-state index contributed by atoms with van der Waals surface area (Å²) in [6.45, 7) is 0. The molecule has 1 aliphatic heterocycles. The molecule has 2 heteroatoms. The predicted octanol–water partition coefficient (Wildman–Crippen LogP) is 3.15. The van der Waals surface area contributed by atoms with Crippen molar-refractivity contribution in [3.8, 4) is 11.1 Å². The van der Waals surface area contributed by atoms with Crippen LogP contribution in [-0.4, -0.2) is 0 Å². The van der Waals surface area contributed by atoms with Gasteiger partial charge in [0, 0.05) is 10.0 Å². The Morgan fingerprint density at radius 3 is 2.80 bits per heavy atom. The van der Waals surface area contributed by atoms with Gasteiger partial charge >= 0.3 is 0 Å². The summed E-state index contributed by atoms with van der Waals surface area (Å²) < 4.78 is 6.08. The van der Waals surface area contributed by atoms with Crippen LogP contribution in [0.25, 0.3) is 11.1 Å². The Balaban J connectivity index is 2.76. The Morgan fingerprint density at radius 1 is 1.20 bits per heavy atom. The summed E-state index contributed by atoms with van der Waals surface area (Å²) in [6, 6.07) is 6.03. The van der Waals surface area contributed by atoms with E-state index in [9.17, 15) is 0 Å². The Morgan fingerprint density at radius 2 is 2.00 bits per heavy atom. The molecule has 10 heavy (non-hydrogen) atoms. The Kier molecular flexibility index (Phi) is 1.27. The molecule has 0 radical (unpaired) electrons. The van der Waals surface area contributed by atoms with Crippen molar-refractivity contribution in [3.05, 3.63) is 35.2 Å². The molecule has 0 aromatic rings. The van der Waals surface area contributed by atoms with Crippen LogP contribution in [0.15, 0.2) is 39.6 Å². The van der Waals surface area contributed by atoms with Gasteiger partial charge in [-0.05, 0) is 23.8 Å². The second kappa shape index (κ2) is 2.13. The molecule has 0 aromatic heterocycles. The highest BCUT2D eigenvalue weighted by atomic mass is 79.9. The van der Waals surface area contributed by atoms with Crippen molar-refractivity contribution in [3.63, 3.8) is 0 Å². The van der Waals surface area contributed by atoms with Gasteiger partial charge in [-0.25, -0.2) is 0 Å². The van der Waals surface area contributed by atoms with E-state index in [0.29, 0.717) is 0 Å². The molecule has 0 bridgehead atoms. The molecule has 1 nitrogen and oxygen atoms in total. The van der Waals surface area contributed by atoms with Gasteiger partial charge in [0.05, 0.1) is 12.5 Å². The van der Waals surface area contributed by atoms with Gasteiger partial charge in [0.25, 0.3) is 0 Å². The van der Waals surface area contributed by atoms with Crippen molar-refractivity contribution in [1.29, 1.82) is 0 Å². The van der Waals surface area contributed by atoms with Gasteiger partial charge in [0.15, 0.2) is 0 Å². The van der Waals surface area contributed by atoms with E-state index in [2.05, 4.69) is 22.0 Å². The first-order valence-electron chi connectivity index (χ1n) is 2.98. The van der Waals surface area contributed by atoms with Crippen LogP contribution in [0.4, 0.5) is 0 Å². The smallest absolute Gasteiger partial charge is 0.0980 e. The summed E-state index contributed by atoms with van der Waals surface area (Å²) in [4.78, 5) is 0. The third kappa shape index (κ3) is 0.847. The van der Waals surface area contributed by atoms with Crippen molar-refractivity contribution in [1.82, 2.24) is 0 Å². The number of hydrogen-bond acceptors (Lipinski definition) is 1. The lowest BCUT2D eigenvalue weighted by Gasteiger charge is -1.91. The number of rotatable bonds is 0. The van der Waals surface area contributed by atoms with E-state index in [1.165, 1.54) is 5.56 Å². The maximum Gasteiger partial charge on any atom is 0.0980 e. The largest absolute Gasteiger partial charge is 0.472 e. The molecule has 0 amide bonds. The van der Waals surface area contributed by atoms with E-state index in [1.807, 2.05) is 12.1 Å². The lowest BCUT2D eigenvalue weighted by atomic mass is 10.2. The lowest BCUT2D eigenvalue weighted by Crippen LogP contribution is -1.67. The number of halogens is 1. The average molecular weight is 197 g/mol. The molecule has 0 fully saturated rings. The third-order valence-electron chi connectivity index (χ3n) is 1.44. The molecule has 0 N–H and O–H groups in total. The third-order valence-corrected chi connectivity index (χ3v) is 1.90.